The molecule has 2 fully saturated rings. The van der Waals surface area contributed by atoms with Gasteiger partial charge in [-0.2, -0.15) is 0 Å². The first kappa shape index (κ1) is 46.5. The van der Waals surface area contributed by atoms with Crippen LogP contribution in [-0.4, -0.2) is 131 Å². The van der Waals surface area contributed by atoms with Gasteiger partial charge in [0.15, 0.2) is 24.0 Å². The Bertz CT molecular complexity index is 1350. The fraction of sp³-hybridized carbons (Fsp3) is 0.842. The molecule has 0 aromatic heterocycles. The summed E-state index contributed by atoms with van der Waals surface area (Å²) in [6, 6.07) is -0.405. The number of hydrogen-bond donors (Lipinski definition) is 2. The zero-order valence-electron chi connectivity index (χ0n) is 33.8. The van der Waals surface area contributed by atoms with Gasteiger partial charge in [-0.25, -0.2) is 14.2 Å². The molecule has 1 amide bonds. The number of esters is 2. The second-order valence-electron chi connectivity index (χ2n) is 15.6. The monoisotopic (exact) mass is 758 g/mol. The summed E-state index contributed by atoms with van der Waals surface area (Å²) in [6.07, 6.45) is -6.85. The summed E-state index contributed by atoms with van der Waals surface area (Å²) < 4.78 is 46.5. The zero-order chi connectivity index (χ0) is 40.8. The van der Waals surface area contributed by atoms with Crippen LogP contribution >= 0.6 is 0 Å². The van der Waals surface area contributed by atoms with E-state index in [1.54, 1.807) is 55.6 Å². The smallest absolute Gasteiger partial charge is 0.351 e. The maximum atomic E-state index is 16.6. The molecule has 13 atom stereocenters. The lowest BCUT2D eigenvalue weighted by atomic mass is 9.73. The first-order valence-corrected chi connectivity index (χ1v) is 18.6. The number of hydrogen-bond acceptors (Lipinski definition) is 13. The first-order valence-electron chi connectivity index (χ1n) is 18.6. The number of ether oxygens (including phenoxy) is 5. The predicted molar refractivity (Wildman–Crippen MR) is 193 cm³/mol. The van der Waals surface area contributed by atoms with Gasteiger partial charge < -0.3 is 38.8 Å². The maximum absolute atomic E-state index is 16.6. The third-order valence-corrected chi connectivity index (χ3v) is 10.5. The van der Waals surface area contributed by atoms with E-state index in [-0.39, 0.29) is 37.2 Å². The summed E-state index contributed by atoms with van der Waals surface area (Å²) >= 11 is 0. The van der Waals surface area contributed by atoms with E-state index in [1.165, 1.54) is 27.7 Å². The van der Waals surface area contributed by atoms with Crippen LogP contribution in [0.2, 0.25) is 0 Å². The zero-order valence-corrected chi connectivity index (χ0v) is 33.8. The van der Waals surface area contributed by atoms with E-state index in [2.05, 4.69) is 4.99 Å². The number of cyclic esters (lactones) is 1. The SMILES string of the molecule is CCC(=O)CO[C@@H]1[C@@H](C)C(=NC(=O)CC)[C@H](C)C[C@@](C)(O)[C@H](O[C@@H]2O[C@H](C)C[C@H](N(C)C)[C@H]2OC(C)=O)[C@@H](C)C(=O)[C@](C)(F)C(=O)O[C@H](CC)[C@@]1(C)O. The van der Waals surface area contributed by atoms with Gasteiger partial charge in [0.25, 0.3) is 5.67 Å². The van der Waals surface area contributed by atoms with Gasteiger partial charge in [-0.1, -0.05) is 41.5 Å². The van der Waals surface area contributed by atoms with Crippen molar-refractivity contribution in [2.24, 2.45) is 22.7 Å². The first-order chi connectivity index (χ1) is 24.4. The Morgan fingerprint density at radius 2 is 1.58 bits per heavy atom. The van der Waals surface area contributed by atoms with E-state index in [9.17, 15) is 34.2 Å². The Morgan fingerprint density at radius 1 is 0.981 bits per heavy atom. The van der Waals surface area contributed by atoms with Crippen LogP contribution in [0.4, 0.5) is 4.39 Å². The van der Waals surface area contributed by atoms with Gasteiger partial charge in [0.2, 0.25) is 5.91 Å². The Labute approximate surface area is 313 Å². The molecule has 14 nitrogen and oxygen atoms in total. The highest BCUT2D eigenvalue weighted by Gasteiger charge is 2.56. The van der Waals surface area contributed by atoms with Gasteiger partial charge in [0, 0.05) is 37.3 Å². The molecule has 2 saturated heterocycles. The number of amides is 1. The van der Waals surface area contributed by atoms with Crippen LogP contribution in [0.5, 0.6) is 0 Å². The van der Waals surface area contributed by atoms with Crippen molar-refractivity contribution in [3.63, 3.8) is 0 Å². The quantitative estimate of drug-likeness (QED) is 0.244. The van der Waals surface area contributed by atoms with Gasteiger partial charge in [0.05, 0.1) is 30.0 Å². The van der Waals surface area contributed by atoms with E-state index in [4.69, 9.17) is 23.7 Å². The number of likely N-dealkylation sites (N-methyl/N-ethyl adjacent to an activating group) is 1. The van der Waals surface area contributed by atoms with Gasteiger partial charge >= 0.3 is 11.9 Å². The summed E-state index contributed by atoms with van der Waals surface area (Å²) in [5, 5.41) is 24.4. The van der Waals surface area contributed by atoms with E-state index >= 15 is 4.39 Å². The molecule has 2 aliphatic rings. The van der Waals surface area contributed by atoms with Crippen LogP contribution in [0.15, 0.2) is 4.99 Å². The van der Waals surface area contributed by atoms with Gasteiger partial charge in [-0.3, -0.25) is 19.2 Å². The van der Waals surface area contributed by atoms with E-state index in [0.29, 0.717) is 6.42 Å². The lowest BCUT2D eigenvalue weighted by Gasteiger charge is -2.47. The van der Waals surface area contributed by atoms with Crippen LogP contribution in [0.1, 0.15) is 108 Å². The molecule has 304 valence electrons. The lowest BCUT2D eigenvalue weighted by Crippen LogP contribution is -2.61. The standard InChI is InChI=1S/C38H63FN2O12/c1-14-25(43)19-49-33-22(6)29(40-28(44)16-3)20(4)18-36(9,47)32(53-34-30(51-24(8)42)26(41(12)13)17-21(5)50-34)23(7)31(45)37(10,39)35(46)52-27(15-2)38(33,11)48/h20-23,26-27,30,32-34,47-48H,14-19H2,1-13H3/t20-,21-,22+,23+,26+,27-,30-,32-,33-,34+,36-,37+,38-/m1/s1. The molecule has 0 aromatic carbocycles. The molecule has 2 N–H and O–H groups in total. The third kappa shape index (κ3) is 11.2. The fourth-order valence-corrected chi connectivity index (χ4v) is 7.59. The summed E-state index contributed by atoms with van der Waals surface area (Å²) in [4.78, 5) is 71.6. The molecular weight excluding hydrogens is 695 g/mol. The number of ketones is 2. The van der Waals surface area contributed by atoms with E-state index < -0.39 is 108 Å². The minimum absolute atomic E-state index is 0.0267. The molecule has 0 radical (unpaired) electrons. The van der Waals surface area contributed by atoms with Crippen molar-refractivity contribution in [1.29, 1.82) is 0 Å². The molecule has 53 heavy (non-hydrogen) atoms. The Balaban J connectivity index is 2.89. The topological polar surface area (TPSA) is 188 Å². The van der Waals surface area contributed by atoms with Crippen molar-refractivity contribution in [2.75, 3.05) is 20.7 Å². The molecular formula is C38H63FN2O12. The number of alkyl halides is 1. The van der Waals surface area contributed by atoms with E-state index in [0.717, 1.165) is 6.92 Å². The molecule has 0 aromatic rings. The van der Waals surface area contributed by atoms with Gasteiger partial charge in [-0.15, -0.1) is 0 Å². The maximum Gasteiger partial charge on any atom is 0.351 e. The van der Waals surface area contributed by atoms with E-state index in [1.807, 2.05) is 4.90 Å². The van der Waals surface area contributed by atoms with Gasteiger partial charge in [0.1, 0.15) is 18.3 Å². The van der Waals surface area contributed by atoms with Crippen molar-refractivity contribution in [1.82, 2.24) is 4.90 Å². The molecule has 2 heterocycles. The second kappa shape index (κ2) is 18.8. The summed E-state index contributed by atoms with van der Waals surface area (Å²) in [7, 11) is 3.58. The van der Waals surface area contributed by atoms with Crippen molar-refractivity contribution in [3.8, 4) is 0 Å². The van der Waals surface area contributed by atoms with Crippen LogP contribution in [0.3, 0.4) is 0 Å². The summed E-state index contributed by atoms with van der Waals surface area (Å²) in [5.74, 6) is -7.55. The fourth-order valence-electron chi connectivity index (χ4n) is 7.59. The molecule has 0 aliphatic carbocycles. The number of carbonyl (C=O) groups is 5. The van der Waals surface area contributed by atoms with Crippen molar-refractivity contribution >= 4 is 35.1 Å². The molecule has 15 heteroatoms. The number of rotatable bonds is 10. The largest absolute Gasteiger partial charge is 0.457 e. The minimum Gasteiger partial charge on any atom is -0.457 e. The number of halogens is 1. The normalized spacial score (nSPS) is 40.1. The highest BCUT2D eigenvalue weighted by Crippen LogP contribution is 2.39. The number of Topliss-reactive ketones (excluding diaryl/α,β-unsaturated/α-hetero) is 2. The highest BCUT2D eigenvalue weighted by atomic mass is 19.1. The molecule has 0 saturated carbocycles. The second-order valence-corrected chi connectivity index (χ2v) is 15.6. The Hall–Kier alpha value is -2.69. The molecule has 2 rings (SSSR count). The number of carbonyl (C=O) groups excluding carboxylic acids is 5. The minimum atomic E-state index is -3.29. The Kier molecular flexibility index (Phi) is 16.5. The van der Waals surface area contributed by atoms with Gasteiger partial charge in [-0.05, 0) is 67.0 Å². The average molecular weight is 759 g/mol. The van der Waals surface area contributed by atoms with Crippen LogP contribution in [0.25, 0.3) is 0 Å². The average Bonchev–Trinajstić information content (AvgIpc) is 3.06. The van der Waals surface area contributed by atoms with Crippen molar-refractivity contribution in [3.05, 3.63) is 0 Å². The number of aliphatic imine (C=N–C) groups is 1. The molecule has 2 aliphatic heterocycles. The Morgan fingerprint density at radius 3 is 2.09 bits per heavy atom. The number of aliphatic hydroxyl groups is 2. The third-order valence-electron chi connectivity index (χ3n) is 10.5. The lowest BCUT2D eigenvalue weighted by molar-refractivity contribution is -0.295. The summed E-state index contributed by atoms with van der Waals surface area (Å²) in [6.45, 7) is 15.5. The molecule has 0 unspecified atom stereocenters. The predicted octanol–water partition coefficient (Wildman–Crippen LogP) is 3.54. The van der Waals surface area contributed by atoms with Crippen LogP contribution in [0, 0.1) is 17.8 Å². The number of nitrogens with zero attached hydrogens (tertiary/aromatic N) is 2. The molecule has 0 spiro atoms. The molecule has 0 bridgehead atoms. The van der Waals surface area contributed by atoms with Crippen LogP contribution in [-0.2, 0) is 47.7 Å². The van der Waals surface area contributed by atoms with Crippen molar-refractivity contribution < 1.29 is 62.3 Å². The van der Waals surface area contributed by atoms with Crippen molar-refractivity contribution in [2.45, 2.75) is 168 Å². The highest BCUT2D eigenvalue weighted by molar-refractivity contribution is 6.08. The van der Waals surface area contributed by atoms with Crippen LogP contribution < -0.4 is 0 Å². The summed E-state index contributed by atoms with van der Waals surface area (Å²) in [5.41, 5.74) is -7.22.